The smallest absolute Gasteiger partial charge is 0.287 e. The van der Waals surface area contributed by atoms with E-state index in [0.29, 0.717) is 11.4 Å². The maximum absolute atomic E-state index is 11.9. The molecule has 0 saturated heterocycles. The number of rotatable bonds is 4. The average Bonchev–Trinajstić information content (AvgIpc) is 3.21. The van der Waals surface area contributed by atoms with Crippen molar-refractivity contribution in [2.24, 2.45) is 7.05 Å². The van der Waals surface area contributed by atoms with Gasteiger partial charge in [-0.1, -0.05) is 5.16 Å². The molecule has 8 heteroatoms. The number of carbonyl (C=O) groups is 1. The van der Waals surface area contributed by atoms with E-state index in [2.05, 4.69) is 15.5 Å². The molecule has 3 rings (SSSR count). The van der Waals surface area contributed by atoms with Crippen LogP contribution in [0.15, 0.2) is 50.5 Å². The molecular formula is C15H14N4O4. The van der Waals surface area contributed by atoms with E-state index in [4.69, 9.17) is 8.94 Å². The highest BCUT2D eigenvalue weighted by Gasteiger charge is 2.19. The van der Waals surface area contributed by atoms with E-state index in [1.165, 1.54) is 16.9 Å². The number of aromatic nitrogens is 3. The van der Waals surface area contributed by atoms with Crippen LogP contribution in [0.3, 0.4) is 0 Å². The summed E-state index contributed by atoms with van der Waals surface area (Å²) < 4.78 is 11.6. The molecule has 3 aromatic heterocycles. The summed E-state index contributed by atoms with van der Waals surface area (Å²) in [4.78, 5) is 27.6. The molecule has 0 radical (unpaired) electrons. The van der Waals surface area contributed by atoms with Crippen molar-refractivity contribution in [3.05, 3.63) is 58.7 Å². The minimum absolute atomic E-state index is 0.128. The second-order valence-corrected chi connectivity index (χ2v) is 5.00. The molecule has 0 saturated carbocycles. The maximum atomic E-state index is 11.9. The first-order chi connectivity index (χ1) is 11.0. The van der Waals surface area contributed by atoms with Gasteiger partial charge in [-0.3, -0.25) is 9.59 Å². The Balaban J connectivity index is 1.77. The molecule has 23 heavy (non-hydrogen) atoms. The Labute approximate surface area is 130 Å². The zero-order valence-electron chi connectivity index (χ0n) is 12.5. The number of hydrogen-bond donors (Lipinski definition) is 1. The summed E-state index contributed by atoms with van der Waals surface area (Å²) >= 11 is 0. The summed E-state index contributed by atoms with van der Waals surface area (Å²) in [5.41, 5.74) is 0.517. The van der Waals surface area contributed by atoms with Crippen LogP contribution in [0.2, 0.25) is 0 Å². The topological polar surface area (TPSA) is 103 Å². The van der Waals surface area contributed by atoms with Crippen LogP contribution < -0.4 is 10.9 Å². The molecule has 0 aliphatic heterocycles. The van der Waals surface area contributed by atoms with Crippen LogP contribution in [0.5, 0.6) is 0 Å². The molecule has 0 spiro atoms. The van der Waals surface area contributed by atoms with Crippen LogP contribution in [0, 0.1) is 0 Å². The molecule has 1 atom stereocenters. The predicted octanol–water partition coefficient (Wildman–Crippen LogP) is 1.52. The Morgan fingerprint density at radius 2 is 2.17 bits per heavy atom. The van der Waals surface area contributed by atoms with Gasteiger partial charge >= 0.3 is 0 Å². The summed E-state index contributed by atoms with van der Waals surface area (Å²) in [5.74, 6) is 0.433. The van der Waals surface area contributed by atoms with E-state index >= 15 is 0 Å². The van der Waals surface area contributed by atoms with E-state index in [-0.39, 0.29) is 23.1 Å². The zero-order valence-corrected chi connectivity index (χ0v) is 12.5. The van der Waals surface area contributed by atoms with Crippen molar-refractivity contribution in [2.75, 3.05) is 0 Å². The number of nitrogens with zero attached hydrogens (tertiary/aromatic N) is 3. The Hall–Kier alpha value is -3.16. The second kappa shape index (κ2) is 5.91. The van der Waals surface area contributed by atoms with Crippen molar-refractivity contribution < 1.29 is 13.7 Å². The van der Waals surface area contributed by atoms with Crippen LogP contribution in [-0.2, 0) is 7.05 Å². The SMILES string of the molecule is C[C@H](NC(=O)c1ccco1)c1nc(-c2ccc(=O)n(C)c2)no1. The highest BCUT2D eigenvalue weighted by atomic mass is 16.5. The van der Waals surface area contributed by atoms with Gasteiger partial charge in [0.05, 0.1) is 6.26 Å². The largest absolute Gasteiger partial charge is 0.459 e. The van der Waals surface area contributed by atoms with Gasteiger partial charge in [0.15, 0.2) is 5.76 Å². The van der Waals surface area contributed by atoms with Crippen LogP contribution in [0.25, 0.3) is 11.4 Å². The lowest BCUT2D eigenvalue weighted by Crippen LogP contribution is -2.26. The minimum Gasteiger partial charge on any atom is -0.459 e. The fourth-order valence-electron chi connectivity index (χ4n) is 1.99. The molecule has 3 aromatic rings. The van der Waals surface area contributed by atoms with E-state index in [1.807, 2.05) is 0 Å². The van der Waals surface area contributed by atoms with Crippen LogP contribution >= 0.6 is 0 Å². The first-order valence-corrected chi connectivity index (χ1v) is 6.89. The van der Waals surface area contributed by atoms with Crippen LogP contribution in [0.4, 0.5) is 0 Å². The van der Waals surface area contributed by atoms with Gasteiger partial charge in [0, 0.05) is 24.9 Å². The summed E-state index contributed by atoms with van der Waals surface area (Å²) in [6.45, 7) is 1.72. The number of carbonyl (C=O) groups excluding carboxylic acids is 1. The first-order valence-electron chi connectivity index (χ1n) is 6.89. The van der Waals surface area contributed by atoms with Crippen molar-refractivity contribution in [2.45, 2.75) is 13.0 Å². The molecule has 1 N–H and O–H groups in total. The lowest BCUT2D eigenvalue weighted by molar-refractivity contribution is 0.0904. The van der Waals surface area contributed by atoms with Crippen molar-refractivity contribution in [3.8, 4) is 11.4 Å². The molecule has 0 unspecified atom stereocenters. The van der Waals surface area contributed by atoms with Gasteiger partial charge in [0.25, 0.3) is 5.91 Å². The normalized spacial score (nSPS) is 12.1. The minimum atomic E-state index is -0.485. The molecule has 0 aromatic carbocycles. The molecule has 3 heterocycles. The lowest BCUT2D eigenvalue weighted by Gasteiger charge is -2.07. The third kappa shape index (κ3) is 3.05. The fourth-order valence-corrected chi connectivity index (χ4v) is 1.99. The van der Waals surface area contributed by atoms with E-state index in [1.54, 1.807) is 38.4 Å². The van der Waals surface area contributed by atoms with Crippen LogP contribution in [0.1, 0.15) is 29.4 Å². The predicted molar refractivity (Wildman–Crippen MR) is 79.6 cm³/mol. The second-order valence-electron chi connectivity index (χ2n) is 5.00. The number of aryl methyl sites for hydroxylation is 1. The number of nitrogens with one attached hydrogen (secondary N) is 1. The number of amides is 1. The van der Waals surface area contributed by atoms with Gasteiger partial charge in [-0.2, -0.15) is 4.98 Å². The summed E-state index contributed by atoms with van der Waals surface area (Å²) in [6.07, 6.45) is 3.03. The first kappa shape index (κ1) is 14.8. The van der Waals surface area contributed by atoms with Gasteiger partial charge in [-0.05, 0) is 25.1 Å². The summed E-state index contributed by atoms with van der Waals surface area (Å²) in [7, 11) is 1.64. The van der Waals surface area contributed by atoms with Crippen molar-refractivity contribution in [3.63, 3.8) is 0 Å². The highest BCUT2D eigenvalue weighted by Crippen LogP contribution is 2.17. The molecular weight excluding hydrogens is 300 g/mol. The molecule has 8 nitrogen and oxygen atoms in total. The summed E-state index contributed by atoms with van der Waals surface area (Å²) in [6, 6.07) is 5.74. The van der Waals surface area contributed by atoms with Gasteiger partial charge < -0.3 is 18.8 Å². The Bertz CT molecular complexity index is 879. The van der Waals surface area contributed by atoms with E-state index in [9.17, 15) is 9.59 Å². The number of hydrogen-bond acceptors (Lipinski definition) is 6. The molecule has 0 fully saturated rings. The molecule has 0 aliphatic carbocycles. The Kier molecular flexibility index (Phi) is 3.80. The molecule has 1 amide bonds. The van der Waals surface area contributed by atoms with Gasteiger partial charge in [0.2, 0.25) is 17.3 Å². The van der Waals surface area contributed by atoms with Gasteiger partial charge in [-0.15, -0.1) is 0 Å². The third-order valence-corrected chi connectivity index (χ3v) is 3.25. The zero-order chi connectivity index (χ0) is 16.4. The van der Waals surface area contributed by atoms with E-state index < -0.39 is 6.04 Å². The monoisotopic (exact) mass is 314 g/mol. The molecule has 0 bridgehead atoms. The highest BCUT2D eigenvalue weighted by molar-refractivity contribution is 5.91. The lowest BCUT2D eigenvalue weighted by atomic mass is 10.2. The quantitative estimate of drug-likeness (QED) is 0.783. The average molecular weight is 314 g/mol. The van der Waals surface area contributed by atoms with Gasteiger partial charge in [-0.25, -0.2) is 0 Å². The standard InChI is InChI=1S/C15H14N4O4/c1-9(16-14(21)11-4-3-7-22-11)15-17-13(18-23-15)10-5-6-12(20)19(2)8-10/h3-9H,1-2H3,(H,16,21)/t9-/m0/s1. The Morgan fingerprint density at radius 1 is 1.35 bits per heavy atom. The third-order valence-electron chi connectivity index (χ3n) is 3.25. The van der Waals surface area contributed by atoms with Crippen LogP contribution in [-0.4, -0.2) is 20.6 Å². The Morgan fingerprint density at radius 3 is 2.87 bits per heavy atom. The van der Waals surface area contributed by atoms with E-state index in [0.717, 1.165) is 0 Å². The van der Waals surface area contributed by atoms with Crippen molar-refractivity contribution in [1.82, 2.24) is 20.0 Å². The molecule has 0 aliphatic rings. The number of furan rings is 1. The number of pyridine rings is 1. The maximum Gasteiger partial charge on any atom is 0.287 e. The van der Waals surface area contributed by atoms with Crippen molar-refractivity contribution in [1.29, 1.82) is 0 Å². The van der Waals surface area contributed by atoms with Gasteiger partial charge in [0.1, 0.15) is 6.04 Å². The van der Waals surface area contributed by atoms with Crippen molar-refractivity contribution >= 4 is 5.91 Å². The fraction of sp³-hybridized carbons (Fsp3) is 0.200. The molecule has 118 valence electrons. The summed E-state index contributed by atoms with van der Waals surface area (Å²) in [5, 5.41) is 6.57.